The summed E-state index contributed by atoms with van der Waals surface area (Å²) in [5, 5.41) is 0. The lowest BCUT2D eigenvalue weighted by molar-refractivity contribution is -0.00766. The standard InChI is InChI=1S/C12H16O2/c1-10(11-5-3-2-4-6-11)14-12-7-8-13-9-12/h2-6,10,12H,7-9H2,1H3. The maximum Gasteiger partial charge on any atom is 0.0838 e. The lowest BCUT2D eigenvalue weighted by Crippen LogP contribution is -2.14. The van der Waals surface area contributed by atoms with E-state index < -0.39 is 0 Å². The highest BCUT2D eigenvalue weighted by Gasteiger charge is 2.19. The van der Waals surface area contributed by atoms with Gasteiger partial charge in [0.2, 0.25) is 0 Å². The molecule has 0 N–H and O–H groups in total. The normalized spacial score (nSPS) is 23.6. The molecule has 2 unspecified atom stereocenters. The first kappa shape index (κ1) is 9.69. The molecule has 2 rings (SSSR count). The van der Waals surface area contributed by atoms with Crippen molar-refractivity contribution in [1.82, 2.24) is 0 Å². The summed E-state index contributed by atoms with van der Waals surface area (Å²) < 4.78 is 11.1. The summed E-state index contributed by atoms with van der Waals surface area (Å²) in [6, 6.07) is 10.3. The monoisotopic (exact) mass is 192 g/mol. The molecule has 2 heteroatoms. The largest absolute Gasteiger partial charge is 0.379 e. The van der Waals surface area contributed by atoms with Gasteiger partial charge in [0.05, 0.1) is 18.8 Å². The number of rotatable bonds is 3. The molecular formula is C12H16O2. The smallest absolute Gasteiger partial charge is 0.0838 e. The van der Waals surface area contributed by atoms with Crippen LogP contribution in [0.3, 0.4) is 0 Å². The van der Waals surface area contributed by atoms with Gasteiger partial charge in [0.15, 0.2) is 0 Å². The predicted molar refractivity (Wildman–Crippen MR) is 55.2 cm³/mol. The van der Waals surface area contributed by atoms with Gasteiger partial charge in [0, 0.05) is 6.61 Å². The molecule has 0 spiro atoms. The van der Waals surface area contributed by atoms with E-state index in [1.807, 2.05) is 18.2 Å². The van der Waals surface area contributed by atoms with Crippen LogP contribution in [0.25, 0.3) is 0 Å². The summed E-state index contributed by atoms with van der Waals surface area (Å²) in [7, 11) is 0. The molecule has 0 radical (unpaired) electrons. The van der Waals surface area contributed by atoms with E-state index in [1.165, 1.54) is 5.56 Å². The maximum atomic E-state index is 5.87. The first-order valence-electron chi connectivity index (χ1n) is 5.14. The van der Waals surface area contributed by atoms with E-state index in [4.69, 9.17) is 9.47 Å². The van der Waals surface area contributed by atoms with E-state index in [-0.39, 0.29) is 12.2 Å². The van der Waals surface area contributed by atoms with Crippen molar-refractivity contribution in [3.63, 3.8) is 0 Å². The molecule has 0 bridgehead atoms. The molecule has 1 aromatic carbocycles. The van der Waals surface area contributed by atoms with Crippen molar-refractivity contribution in [2.45, 2.75) is 25.6 Å². The Morgan fingerprint density at radius 1 is 1.36 bits per heavy atom. The van der Waals surface area contributed by atoms with Gasteiger partial charge in [-0.15, -0.1) is 0 Å². The van der Waals surface area contributed by atoms with Crippen molar-refractivity contribution in [1.29, 1.82) is 0 Å². The zero-order valence-electron chi connectivity index (χ0n) is 8.48. The fraction of sp³-hybridized carbons (Fsp3) is 0.500. The number of benzene rings is 1. The summed E-state index contributed by atoms with van der Waals surface area (Å²) in [4.78, 5) is 0. The van der Waals surface area contributed by atoms with Crippen molar-refractivity contribution in [3.05, 3.63) is 35.9 Å². The van der Waals surface area contributed by atoms with E-state index in [2.05, 4.69) is 19.1 Å². The van der Waals surface area contributed by atoms with Crippen LogP contribution in [0.1, 0.15) is 25.0 Å². The Morgan fingerprint density at radius 3 is 2.79 bits per heavy atom. The van der Waals surface area contributed by atoms with E-state index in [0.717, 1.165) is 19.6 Å². The Hall–Kier alpha value is -0.860. The lowest BCUT2D eigenvalue weighted by Gasteiger charge is -2.17. The average Bonchev–Trinajstić information content (AvgIpc) is 2.72. The second-order valence-electron chi connectivity index (χ2n) is 3.67. The Bertz CT molecular complexity index is 265. The van der Waals surface area contributed by atoms with Gasteiger partial charge in [-0.3, -0.25) is 0 Å². The van der Waals surface area contributed by atoms with Gasteiger partial charge in [-0.25, -0.2) is 0 Å². The summed E-state index contributed by atoms with van der Waals surface area (Å²) in [5.41, 5.74) is 1.24. The van der Waals surface area contributed by atoms with Crippen LogP contribution in [0.15, 0.2) is 30.3 Å². The van der Waals surface area contributed by atoms with Crippen LogP contribution in [0, 0.1) is 0 Å². The van der Waals surface area contributed by atoms with Gasteiger partial charge >= 0.3 is 0 Å². The van der Waals surface area contributed by atoms with Crippen molar-refractivity contribution >= 4 is 0 Å². The predicted octanol–water partition coefficient (Wildman–Crippen LogP) is 2.55. The van der Waals surface area contributed by atoms with Gasteiger partial charge in [0.25, 0.3) is 0 Å². The molecule has 1 fully saturated rings. The highest BCUT2D eigenvalue weighted by Crippen LogP contribution is 2.21. The van der Waals surface area contributed by atoms with E-state index in [9.17, 15) is 0 Å². The van der Waals surface area contributed by atoms with Crippen LogP contribution in [0.2, 0.25) is 0 Å². The molecule has 0 aliphatic carbocycles. The van der Waals surface area contributed by atoms with Gasteiger partial charge in [0.1, 0.15) is 0 Å². The van der Waals surface area contributed by atoms with E-state index in [0.29, 0.717) is 0 Å². The number of ether oxygens (including phenoxy) is 2. The van der Waals surface area contributed by atoms with Crippen LogP contribution in [-0.2, 0) is 9.47 Å². The Balaban J connectivity index is 1.92. The minimum absolute atomic E-state index is 0.169. The van der Waals surface area contributed by atoms with Crippen LogP contribution in [0.5, 0.6) is 0 Å². The SMILES string of the molecule is CC(OC1CCOC1)c1ccccc1. The van der Waals surface area contributed by atoms with Crippen LogP contribution < -0.4 is 0 Å². The topological polar surface area (TPSA) is 18.5 Å². The molecule has 76 valence electrons. The molecule has 0 amide bonds. The molecule has 2 nitrogen and oxygen atoms in total. The third-order valence-corrected chi connectivity index (χ3v) is 2.55. The highest BCUT2D eigenvalue weighted by molar-refractivity contribution is 5.16. The second kappa shape index (κ2) is 4.58. The van der Waals surface area contributed by atoms with E-state index in [1.54, 1.807) is 0 Å². The molecule has 1 aromatic rings. The second-order valence-corrected chi connectivity index (χ2v) is 3.67. The highest BCUT2D eigenvalue weighted by atomic mass is 16.5. The minimum Gasteiger partial charge on any atom is -0.379 e. The first-order valence-corrected chi connectivity index (χ1v) is 5.14. The fourth-order valence-electron chi connectivity index (χ4n) is 1.71. The molecule has 0 saturated carbocycles. The molecular weight excluding hydrogens is 176 g/mol. The van der Waals surface area contributed by atoms with E-state index >= 15 is 0 Å². The van der Waals surface area contributed by atoms with Gasteiger partial charge in [-0.2, -0.15) is 0 Å². The molecule has 1 heterocycles. The van der Waals surface area contributed by atoms with Crippen LogP contribution >= 0.6 is 0 Å². The zero-order chi connectivity index (χ0) is 9.80. The van der Waals surface area contributed by atoms with Crippen molar-refractivity contribution in [3.8, 4) is 0 Å². The lowest BCUT2D eigenvalue weighted by atomic mass is 10.1. The van der Waals surface area contributed by atoms with Crippen LogP contribution in [-0.4, -0.2) is 19.3 Å². The Morgan fingerprint density at radius 2 is 2.14 bits per heavy atom. The number of hydrogen-bond donors (Lipinski definition) is 0. The summed E-state index contributed by atoms with van der Waals surface area (Å²) in [5.74, 6) is 0. The first-order chi connectivity index (χ1) is 6.86. The third-order valence-electron chi connectivity index (χ3n) is 2.55. The van der Waals surface area contributed by atoms with Crippen LogP contribution in [0.4, 0.5) is 0 Å². The summed E-state index contributed by atoms with van der Waals surface area (Å²) >= 11 is 0. The summed E-state index contributed by atoms with van der Waals surface area (Å²) in [6.07, 6.45) is 1.48. The van der Waals surface area contributed by atoms with Gasteiger partial charge in [-0.05, 0) is 18.9 Å². The minimum atomic E-state index is 0.169. The molecule has 0 aromatic heterocycles. The Kier molecular flexibility index (Phi) is 3.17. The quantitative estimate of drug-likeness (QED) is 0.732. The molecule has 1 saturated heterocycles. The van der Waals surface area contributed by atoms with Crippen molar-refractivity contribution in [2.24, 2.45) is 0 Å². The summed E-state index contributed by atoms with van der Waals surface area (Å²) in [6.45, 7) is 3.68. The maximum absolute atomic E-state index is 5.87. The molecule has 14 heavy (non-hydrogen) atoms. The fourth-order valence-corrected chi connectivity index (χ4v) is 1.71. The van der Waals surface area contributed by atoms with Gasteiger partial charge < -0.3 is 9.47 Å². The zero-order valence-corrected chi connectivity index (χ0v) is 8.48. The van der Waals surface area contributed by atoms with Crippen molar-refractivity contribution in [2.75, 3.05) is 13.2 Å². The number of hydrogen-bond acceptors (Lipinski definition) is 2. The van der Waals surface area contributed by atoms with Crippen molar-refractivity contribution < 1.29 is 9.47 Å². The third kappa shape index (κ3) is 2.34. The molecule has 1 aliphatic rings. The van der Waals surface area contributed by atoms with Gasteiger partial charge in [-0.1, -0.05) is 30.3 Å². The molecule has 2 atom stereocenters. The average molecular weight is 192 g/mol. The Labute approximate surface area is 84.8 Å². The molecule has 1 aliphatic heterocycles.